The molecule has 0 bridgehead atoms. The van der Waals surface area contributed by atoms with Crippen LogP contribution in [0.3, 0.4) is 0 Å². The van der Waals surface area contributed by atoms with Gasteiger partial charge >= 0.3 is 0 Å². The fourth-order valence-corrected chi connectivity index (χ4v) is 1.43. The number of primary amides is 1. The van der Waals surface area contributed by atoms with Crippen LogP contribution in [0.4, 0.5) is 0 Å². The van der Waals surface area contributed by atoms with Gasteiger partial charge in [-0.15, -0.1) is 0 Å². The molecule has 0 radical (unpaired) electrons. The summed E-state index contributed by atoms with van der Waals surface area (Å²) < 4.78 is 0. The number of amides is 1. The van der Waals surface area contributed by atoms with Gasteiger partial charge in [-0.3, -0.25) is 4.79 Å². The minimum Gasteiger partial charge on any atom is -0.368 e. The van der Waals surface area contributed by atoms with Crippen LogP contribution in [0, 0.1) is 5.92 Å². The molecule has 10 heavy (non-hydrogen) atoms. The molecule has 3 nitrogen and oxygen atoms in total. The van der Waals surface area contributed by atoms with Gasteiger partial charge in [0.15, 0.2) is 0 Å². The van der Waals surface area contributed by atoms with E-state index in [0.29, 0.717) is 5.92 Å². The van der Waals surface area contributed by atoms with Gasteiger partial charge < -0.3 is 11.1 Å². The number of nitrogens with two attached hydrogens (primary N) is 1. The maximum Gasteiger partial charge on any atom is 0.234 e. The molecule has 1 aliphatic heterocycles. The van der Waals surface area contributed by atoms with Gasteiger partial charge in [-0.05, 0) is 25.3 Å². The average Bonchev–Trinajstić information content (AvgIpc) is 1.88. The number of carbonyl (C=O) groups excluding carboxylic acids is 1. The van der Waals surface area contributed by atoms with Crippen LogP contribution in [0.15, 0.2) is 0 Å². The molecule has 1 fully saturated rings. The van der Waals surface area contributed by atoms with Crippen molar-refractivity contribution in [2.75, 3.05) is 6.54 Å². The van der Waals surface area contributed by atoms with Crippen LogP contribution < -0.4 is 11.1 Å². The van der Waals surface area contributed by atoms with Crippen LogP contribution in [0.1, 0.15) is 19.8 Å². The molecule has 0 aromatic carbocycles. The first-order valence-corrected chi connectivity index (χ1v) is 3.74. The van der Waals surface area contributed by atoms with Crippen molar-refractivity contribution in [1.82, 2.24) is 5.32 Å². The third-order valence-corrected chi connectivity index (χ3v) is 2.08. The molecule has 1 amide bonds. The van der Waals surface area contributed by atoms with E-state index in [2.05, 4.69) is 12.2 Å². The number of carbonyl (C=O) groups is 1. The van der Waals surface area contributed by atoms with Crippen molar-refractivity contribution in [2.24, 2.45) is 11.7 Å². The van der Waals surface area contributed by atoms with E-state index in [9.17, 15) is 4.79 Å². The summed E-state index contributed by atoms with van der Waals surface area (Å²) in [5, 5.41) is 3.09. The Morgan fingerprint density at radius 3 is 2.80 bits per heavy atom. The molecule has 0 aromatic heterocycles. The lowest BCUT2D eigenvalue weighted by atomic mass is 9.92. The molecule has 1 unspecified atom stereocenters. The van der Waals surface area contributed by atoms with Crippen LogP contribution >= 0.6 is 0 Å². The Bertz CT molecular complexity index is 136. The van der Waals surface area contributed by atoms with Gasteiger partial charge in [0.2, 0.25) is 5.91 Å². The summed E-state index contributed by atoms with van der Waals surface area (Å²) in [6, 6.07) is -0.0891. The van der Waals surface area contributed by atoms with E-state index in [1.165, 1.54) is 0 Å². The molecular formula is C7H14N2O. The highest BCUT2D eigenvalue weighted by atomic mass is 16.1. The predicted molar refractivity (Wildman–Crippen MR) is 39.4 cm³/mol. The van der Waals surface area contributed by atoms with Crippen molar-refractivity contribution in [1.29, 1.82) is 0 Å². The molecule has 1 saturated heterocycles. The van der Waals surface area contributed by atoms with Crippen molar-refractivity contribution < 1.29 is 4.79 Å². The summed E-state index contributed by atoms with van der Waals surface area (Å²) in [6.45, 7) is 2.99. The fourth-order valence-electron chi connectivity index (χ4n) is 1.43. The molecule has 58 valence electrons. The third kappa shape index (κ3) is 1.48. The highest BCUT2D eigenvalue weighted by molar-refractivity contribution is 5.80. The number of hydrogen-bond donors (Lipinski definition) is 2. The molecule has 1 rings (SSSR count). The summed E-state index contributed by atoms with van der Waals surface area (Å²) in [5.41, 5.74) is 5.16. The monoisotopic (exact) mass is 142 g/mol. The Morgan fingerprint density at radius 2 is 2.40 bits per heavy atom. The lowest BCUT2D eigenvalue weighted by Gasteiger charge is -2.27. The standard InChI is InChI=1S/C7H14N2O/c1-5-3-2-4-9-6(5)7(8)10/h5-6,9H,2-4H2,1H3,(H2,8,10)/t5-,6?/m1/s1. The van der Waals surface area contributed by atoms with Gasteiger partial charge in [0.25, 0.3) is 0 Å². The van der Waals surface area contributed by atoms with E-state index < -0.39 is 0 Å². The predicted octanol–water partition coefficient (Wildman–Crippen LogP) is -0.140. The van der Waals surface area contributed by atoms with Gasteiger partial charge in [0, 0.05) is 0 Å². The maximum absolute atomic E-state index is 10.7. The molecule has 1 aliphatic rings. The van der Waals surface area contributed by atoms with E-state index >= 15 is 0 Å². The Labute approximate surface area is 61.0 Å². The first kappa shape index (κ1) is 7.54. The van der Waals surface area contributed by atoms with Crippen molar-refractivity contribution in [3.8, 4) is 0 Å². The molecular weight excluding hydrogens is 128 g/mol. The zero-order valence-corrected chi connectivity index (χ0v) is 6.26. The van der Waals surface area contributed by atoms with Crippen LogP contribution in [0.25, 0.3) is 0 Å². The van der Waals surface area contributed by atoms with Crippen molar-refractivity contribution >= 4 is 5.91 Å². The van der Waals surface area contributed by atoms with Crippen molar-refractivity contribution in [2.45, 2.75) is 25.8 Å². The van der Waals surface area contributed by atoms with E-state index in [0.717, 1.165) is 19.4 Å². The van der Waals surface area contributed by atoms with Gasteiger partial charge in [-0.1, -0.05) is 6.92 Å². The summed E-state index contributed by atoms with van der Waals surface area (Å²) in [6.07, 6.45) is 2.27. The van der Waals surface area contributed by atoms with Crippen LogP contribution in [-0.4, -0.2) is 18.5 Å². The number of rotatable bonds is 1. The van der Waals surface area contributed by atoms with Crippen molar-refractivity contribution in [3.05, 3.63) is 0 Å². The second-order valence-electron chi connectivity index (χ2n) is 2.95. The number of piperidine rings is 1. The Kier molecular flexibility index (Phi) is 2.27. The SMILES string of the molecule is C[C@@H]1CCCNC1C(N)=O. The zero-order chi connectivity index (χ0) is 7.56. The van der Waals surface area contributed by atoms with E-state index in [1.54, 1.807) is 0 Å². The minimum atomic E-state index is -0.216. The summed E-state index contributed by atoms with van der Waals surface area (Å²) in [4.78, 5) is 10.7. The lowest BCUT2D eigenvalue weighted by molar-refractivity contribution is -0.121. The van der Waals surface area contributed by atoms with E-state index in [-0.39, 0.29) is 11.9 Å². The van der Waals surface area contributed by atoms with E-state index in [1.807, 2.05) is 0 Å². The highest BCUT2D eigenvalue weighted by Gasteiger charge is 2.24. The zero-order valence-electron chi connectivity index (χ0n) is 6.26. The third-order valence-electron chi connectivity index (χ3n) is 2.08. The second-order valence-corrected chi connectivity index (χ2v) is 2.95. The second kappa shape index (κ2) is 3.01. The summed E-state index contributed by atoms with van der Waals surface area (Å²) >= 11 is 0. The lowest BCUT2D eigenvalue weighted by Crippen LogP contribution is -2.48. The van der Waals surface area contributed by atoms with Gasteiger partial charge in [0.05, 0.1) is 6.04 Å². The molecule has 3 N–H and O–H groups in total. The van der Waals surface area contributed by atoms with E-state index in [4.69, 9.17) is 5.73 Å². The minimum absolute atomic E-state index is 0.0891. The number of nitrogens with one attached hydrogen (secondary N) is 1. The van der Waals surface area contributed by atoms with Crippen LogP contribution in [-0.2, 0) is 4.79 Å². The summed E-state index contributed by atoms with van der Waals surface area (Å²) in [5.74, 6) is 0.193. The molecule has 0 saturated carbocycles. The molecule has 2 atom stereocenters. The van der Waals surface area contributed by atoms with Crippen LogP contribution in [0.5, 0.6) is 0 Å². The Hall–Kier alpha value is -0.570. The van der Waals surface area contributed by atoms with Crippen molar-refractivity contribution in [3.63, 3.8) is 0 Å². The first-order valence-electron chi connectivity index (χ1n) is 3.74. The summed E-state index contributed by atoms with van der Waals surface area (Å²) in [7, 11) is 0. The molecule has 1 heterocycles. The normalized spacial score (nSPS) is 33.7. The number of hydrogen-bond acceptors (Lipinski definition) is 2. The average molecular weight is 142 g/mol. The van der Waals surface area contributed by atoms with Gasteiger partial charge in [-0.25, -0.2) is 0 Å². The smallest absolute Gasteiger partial charge is 0.234 e. The molecule has 0 spiro atoms. The largest absolute Gasteiger partial charge is 0.368 e. The first-order chi connectivity index (χ1) is 4.72. The van der Waals surface area contributed by atoms with Crippen LogP contribution in [0.2, 0.25) is 0 Å². The Balaban J connectivity index is 2.47. The van der Waals surface area contributed by atoms with Gasteiger partial charge in [0.1, 0.15) is 0 Å². The van der Waals surface area contributed by atoms with Gasteiger partial charge in [-0.2, -0.15) is 0 Å². The quantitative estimate of drug-likeness (QED) is 0.535. The highest BCUT2D eigenvalue weighted by Crippen LogP contribution is 2.14. The fraction of sp³-hybridized carbons (Fsp3) is 0.857. The molecule has 0 aromatic rings. The molecule has 0 aliphatic carbocycles. The maximum atomic E-state index is 10.7. The topological polar surface area (TPSA) is 55.1 Å². The Morgan fingerprint density at radius 1 is 1.70 bits per heavy atom. The molecule has 3 heteroatoms.